The van der Waals surface area contributed by atoms with Gasteiger partial charge in [-0.3, -0.25) is 9.78 Å². The zero-order valence-corrected chi connectivity index (χ0v) is 15.9. The molecule has 138 valence electrons. The summed E-state index contributed by atoms with van der Waals surface area (Å²) in [6, 6.07) is 16.2. The number of nitrogens with zero attached hydrogens (tertiary/aromatic N) is 2. The third-order valence-electron chi connectivity index (χ3n) is 5.53. The highest BCUT2D eigenvalue weighted by Crippen LogP contribution is 2.25. The normalized spacial score (nSPS) is 14.5. The van der Waals surface area contributed by atoms with Crippen LogP contribution in [0.2, 0.25) is 0 Å². The van der Waals surface area contributed by atoms with E-state index in [1.807, 2.05) is 36.5 Å². The van der Waals surface area contributed by atoms with Gasteiger partial charge in [-0.2, -0.15) is 0 Å². The highest BCUT2D eigenvalue weighted by Gasteiger charge is 2.15. The Labute approximate surface area is 161 Å². The summed E-state index contributed by atoms with van der Waals surface area (Å²) in [6.45, 7) is 4.38. The summed E-state index contributed by atoms with van der Waals surface area (Å²) < 4.78 is 0. The molecule has 1 fully saturated rings. The van der Waals surface area contributed by atoms with Crippen molar-refractivity contribution in [1.29, 1.82) is 0 Å². The summed E-state index contributed by atoms with van der Waals surface area (Å²) in [4.78, 5) is 19.9. The molecule has 2 aromatic carbocycles. The highest BCUT2D eigenvalue weighted by molar-refractivity contribution is 6.08. The van der Waals surface area contributed by atoms with Gasteiger partial charge in [-0.1, -0.05) is 42.5 Å². The van der Waals surface area contributed by atoms with Gasteiger partial charge in [-0.05, 0) is 55.0 Å². The Morgan fingerprint density at radius 3 is 2.67 bits per heavy atom. The van der Waals surface area contributed by atoms with Crippen LogP contribution >= 0.6 is 0 Å². The second kappa shape index (κ2) is 7.91. The fourth-order valence-electron chi connectivity index (χ4n) is 4.01. The molecule has 0 aliphatic carbocycles. The van der Waals surface area contributed by atoms with Crippen LogP contribution < -0.4 is 4.90 Å². The lowest BCUT2D eigenvalue weighted by Crippen LogP contribution is -2.30. The van der Waals surface area contributed by atoms with Gasteiger partial charge in [-0.15, -0.1) is 0 Å². The largest absolute Gasteiger partial charge is 0.371 e. The number of aromatic nitrogens is 1. The van der Waals surface area contributed by atoms with Gasteiger partial charge in [0, 0.05) is 42.7 Å². The van der Waals surface area contributed by atoms with Crippen LogP contribution in [0.25, 0.3) is 10.8 Å². The highest BCUT2D eigenvalue weighted by atomic mass is 16.1. The Morgan fingerprint density at radius 2 is 1.81 bits per heavy atom. The molecule has 3 nitrogen and oxygen atoms in total. The Balaban J connectivity index is 1.50. The Kier molecular flexibility index (Phi) is 5.19. The molecular weight excluding hydrogens is 332 g/mol. The van der Waals surface area contributed by atoms with Gasteiger partial charge in [-0.25, -0.2) is 0 Å². The number of rotatable bonds is 5. The van der Waals surface area contributed by atoms with Gasteiger partial charge in [0.15, 0.2) is 5.78 Å². The molecule has 0 atom stereocenters. The number of aryl methyl sites for hydroxylation is 2. The van der Waals surface area contributed by atoms with Crippen LogP contribution in [0.4, 0.5) is 5.69 Å². The molecule has 1 aromatic heterocycles. The predicted molar refractivity (Wildman–Crippen MR) is 112 cm³/mol. The number of fused-ring (bicyclic) bond motifs is 1. The van der Waals surface area contributed by atoms with E-state index in [4.69, 9.17) is 0 Å². The van der Waals surface area contributed by atoms with Gasteiger partial charge in [0.1, 0.15) is 0 Å². The number of hydrogen-bond acceptors (Lipinski definition) is 3. The first kappa shape index (κ1) is 17.7. The van der Waals surface area contributed by atoms with E-state index in [9.17, 15) is 4.79 Å². The molecule has 0 radical (unpaired) electrons. The molecule has 0 N–H and O–H groups in total. The molecule has 1 aliphatic rings. The molecule has 4 rings (SSSR count). The number of hydrogen-bond donors (Lipinski definition) is 0. The third-order valence-corrected chi connectivity index (χ3v) is 5.53. The molecule has 1 saturated heterocycles. The van der Waals surface area contributed by atoms with Crippen LogP contribution in [0.1, 0.15) is 47.3 Å². The minimum atomic E-state index is 0.189. The van der Waals surface area contributed by atoms with Crippen LogP contribution in [0.5, 0.6) is 0 Å². The maximum Gasteiger partial charge on any atom is 0.163 e. The second-order valence-electron chi connectivity index (χ2n) is 7.46. The number of benzene rings is 2. The average Bonchev–Trinajstić information content (AvgIpc) is 2.73. The van der Waals surface area contributed by atoms with Crippen LogP contribution in [-0.2, 0) is 6.42 Å². The summed E-state index contributed by atoms with van der Waals surface area (Å²) in [6.07, 6.45) is 6.98. The van der Waals surface area contributed by atoms with Gasteiger partial charge < -0.3 is 4.90 Å². The predicted octanol–water partition coefficient (Wildman–Crippen LogP) is 5.35. The van der Waals surface area contributed by atoms with Crippen molar-refractivity contribution in [3.63, 3.8) is 0 Å². The fraction of sp³-hybridized carbons (Fsp3) is 0.333. The quantitative estimate of drug-likeness (QED) is 0.577. The van der Waals surface area contributed by atoms with Crippen LogP contribution in [-0.4, -0.2) is 23.9 Å². The first-order valence-corrected chi connectivity index (χ1v) is 9.94. The molecule has 2 heterocycles. The zero-order chi connectivity index (χ0) is 18.6. The standard InChI is InChI=1S/C24H26N2O/c1-18-17-25-20(16-23(18)26-14-5-2-6-15-26)12-13-24(27)22-11-7-9-19-8-3-4-10-21(19)22/h3-4,7-11,16-17H,2,5-6,12-15H2,1H3. The second-order valence-corrected chi connectivity index (χ2v) is 7.46. The monoisotopic (exact) mass is 358 g/mol. The average molecular weight is 358 g/mol. The Bertz CT molecular complexity index is 952. The van der Waals surface area contributed by atoms with E-state index in [0.717, 1.165) is 35.1 Å². The van der Waals surface area contributed by atoms with E-state index < -0.39 is 0 Å². The Morgan fingerprint density at radius 1 is 1.04 bits per heavy atom. The molecule has 0 bridgehead atoms. The van der Waals surface area contributed by atoms with Crippen molar-refractivity contribution >= 4 is 22.2 Å². The molecule has 0 saturated carbocycles. The Hall–Kier alpha value is -2.68. The van der Waals surface area contributed by atoms with Crippen molar-refractivity contribution in [1.82, 2.24) is 4.98 Å². The number of carbonyl (C=O) groups is 1. The van der Waals surface area contributed by atoms with Gasteiger partial charge in [0.05, 0.1) is 0 Å². The number of ketones is 1. The minimum absolute atomic E-state index is 0.189. The van der Waals surface area contributed by atoms with Crippen molar-refractivity contribution in [2.45, 2.75) is 39.0 Å². The summed E-state index contributed by atoms with van der Waals surface area (Å²) >= 11 is 0. The van der Waals surface area contributed by atoms with Gasteiger partial charge in [0.2, 0.25) is 0 Å². The molecule has 0 amide bonds. The summed E-state index contributed by atoms with van der Waals surface area (Å²) in [5, 5.41) is 2.15. The molecule has 0 spiro atoms. The first-order chi connectivity index (χ1) is 13.2. The maximum absolute atomic E-state index is 12.8. The molecule has 1 aliphatic heterocycles. The summed E-state index contributed by atoms with van der Waals surface area (Å²) in [5.74, 6) is 0.189. The van der Waals surface area contributed by atoms with E-state index in [2.05, 4.69) is 35.0 Å². The maximum atomic E-state index is 12.8. The fourth-order valence-corrected chi connectivity index (χ4v) is 4.01. The topological polar surface area (TPSA) is 33.2 Å². The summed E-state index contributed by atoms with van der Waals surface area (Å²) in [5.41, 5.74) is 4.34. The smallest absolute Gasteiger partial charge is 0.163 e. The van der Waals surface area contributed by atoms with E-state index in [1.165, 1.54) is 30.5 Å². The van der Waals surface area contributed by atoms with Crippen molar-refractivity contribution in [2.24, 2.45) is 0 Å². The van der Waals surface area contributed by atoms with E-state index in [0.29, 0.717) is 12.8 Å². The number of Topliss-reactive ketones (excluding diaryl/α,β-unsaturated/α-hetero) is 1. The molecule has 0 unspecified atom stereocenters. The number of piperidine rings is 1. The lowest BCUT2D eigenvalue weighted by atomic mass is 9.98. The molecule has 3 heteroatoms. The van der Waals surface area contributed by atoms with Crippen LogP contribution in [0.15, 0.2) is 54.7 Å². The SMILES string of the molecule is Cc1cnc(CCC(=O)c2cccc3ccccc23)cc1N1CCCCC1. The number of pyridine rings is 1. The third kappa shape index (κ3) is 3.87. The van der Waals surface area contributed by atoms with Crippen LogP contribution in [0.3, 0.4) is 0 Å². The lowest BCUT2D eigenvalue weighted by molar-refractivity contribution is 0.0984. The van der Waals surface area contributed by atoms with Crippen molar-refractivity contribution < 1.29 is 4.79 Å². The van der Waals surface area contributed by atoms with Crippen molar-refractivity contribution in [3.05, 3.63) is 71.5 Å². The lowest BCUT2D eigenvalue weighted by Gasteiger charge is -2.30. The van der Waals surface area contributed by atoms with Crippen LogP contribution in [0, 0.1) is 6.92 Å². The number of anilines is 1. The van der Waals surface area contributed by atoms with Crippen molar-refractivity contribution in [3.8, 4) is 0 Å². The van der Waals surface area contributed by atoms with Gasteiger partial charge in [0.25, 0.3) is 0 Å². The summed E-state index contributed by atoms with van der Waals surface area (Å²) in [7, 11) is 0. The zero-order valence-electron chi connectivity index (χ0n) is 15.9. The van der Waals surface area contributed by atoms with Gasteiger partial charge >= 0.3 is 0 Å². The van der Waals surface area contributed by atoms with E-state index in [-0.39, 0.29) is 5.78 Å². The number of carbonyl (C=O) groups excluding carboxylic acids is 1. The van der Waals surface area contributed by atoms with Crippen molar-refractivity contribution in [2.75, 3.05) is 18.0 Å². The van der Waals surface area contributed by atoms with E-state index >= 15 is 0 Å². The first-order valence-electron chi connectivity index (χ1n) is 9.94. The van der Waals surface area contributed by atoms with E-state index in [1.54, 1.807) is 0 Å². The molecular formula is C24H26N2O. The molecule has 27 heavy (non-hydrogen) atoms. The molecule has 3 aromatic rings. The minimum Gasteiger partial charge on any atom is -0.371 e.